The minimum Gasteiger partial charge on any atom is -0.207 e. The van der Waals surface area contributed by atoms with Gasteiger partial charge in [-0.15, -0.1) is 0 Å². The van der Waals surface area contributed by atoms with Gasteiger partial charge in [0, 0.05) is 0 Å². The Morgan fingerprint density at radius 3 is 2.33 bits per heavy atom. The average Bonchev–Trinajstić information content (AvgIpc) is 3.17. The summed E-state index contributed by atoms with van der Waals surface area (Å²) in [5.74, 6) is 0.616. The topological polar surface area (TPSA) is 0 Å². The zero-order valence-corrected chi connectivity index (χ0v) is 11.7. The van der Waals surface area contributed by atoms with Gasteiger partial charge >= 0.3 is 0 Å². The molecule has 1 aliphatic carbocycles. The summed E-state index contributed by atoms with van der Waals surface area (Å²) in [7, 11) is 0. The third-order valence-corrected chi connectivity index (χ3v) is 4.64. The normalized spacial score (nSPS) is 18.6. The van der Waals surface area contributed by atoms with Gasteiger partial charge in [-0.25, -0.2) is 4.39 Å². The maximum atomic E-state index is 13.0. The molecule has 0 bridgehead atoms. The van der Waals surface area contributed by atoms with E-state index in [1.807, 2.05) is 12.1 Å². The van der Waals surface area contributed by atoms with Gasteiger partial charge in [-0.3, -0.25) is 0 Å². The second kappa shape index (κ2) is 5.86. The largest absolute Gasteiger partial charge is 0.207 e. The Balaban J connectivity index is 1.92. The molecule has 1 aliphatic rings. The molecule has 1 fully saturated rings. The molecule has 0 heterocycles. The fraction of sp³-hybridized carbons (Fsp3) is 0.647. The summed E-state index contributed by atoms with van der Waals surface area (Å²) in [6.07, 6.45) is 9.25. The van der Waals surface area contributed by atoms with E-state index in [9.17, 15) is 4.39 Å². The van der Waals surface area contributed by atoms with E-state index in [1.54, 1.807) is 12.1 Å². The molecule has 0 saturated heterocycles. The van der Waals surface area contributed by atoms with Gasteiger partial charge in [0.15, 0.2) is 0 Å². The first-order chi connectivity index (χ1) is 8.69. The molecule has 0 spiro atoms. The average molecular weight is 248 g/mol. The van der Waals surface area contributed by atoms with Crippen molar-refractivity contribution in [2.45, 2.75) is 64.2 Å². The van der Waals surface area contributed by atoms with Gasteiger partial charge in [0.05, 0.1) is 0 Å². The Bertz CT molecular complexity index is 362. The molecule has 0 radical (unpaired) electrons. The van der Waals surface area contributed by atoms with Crippen LogP contribution >= 0.6 is 0 Å². The number of rotatable bonds is 7. The summed E-state index contributed by atoms with van der Waals surface area (Å²) in [6.45, 7) is 4.63. The second-order valence-electron chi connectivity index (χ2n) is 5.91. The lowest BCUT2D eigenvalue weighted by molar-refractivity contribution is 0.391. The molecule has 1 aromatic carbocycles. The van der Waals surface area contributed by atoms with Crippen molar-refractivity contribution in [3.05, 3.63) is 35.6 Å². The first-order valence-electron chi connectivity index (χ1n) is 7.45. The van der Waals surface area contributed by atoms with Crippen molar-refractivity contribution >= 4 is 0 Å². The van der Waals surface area contributed by atoms with Crippen molar-refractivity contribution in [2.75, 3.05) is 0 Å². The highest BCUT2D eigenvalue weighted by molar-refractivity contribution is 5.32. The van der Waals surface area contributed by atoms with E-state index in [2.05, 4.69) is 13.8 Å². The van der Waals surface area contributed by atoms with Gasteiger partial charge in [0.25, 0.3) is 0 Å². The van der Waals surface area contributed by atoms with Crippen LogP contribution in [0.3, 0.4) is 0 Å². The maximum Gasteiger partial charge on any atom is 0.123 e. The summed E-state index contributed by atoms with van der Waals surface area (Å²) < 4.78 is 13.0. The summed E-state index contributed by atoms with van der Waals surface area (Å²) in [5.41, 5.74) is 1.73. The van der Waals surface area contributed by atoms with Crippen molar-refractivity contribution in [1.29, 1.82) is 0 Å². The first kappa shape index (κ1) is 13.6. The van der Waals surface area contributed by atoms with Crippen LogP contribution in [-0.4, -0.2) is 0 Å². The van der Waals surface area contributed by atoms with Crippen LogP contribution in [0, 0.1) is 11.7 Å². The predicted octanol–water partition coefficient (Wildman–Crippen LogP) is 5.46. The summed E-state index contributed by atoms with van der Waals surface area (Å²) in [4.78, 5) is 0. The third kappa shape index (κ3) is 2.93. The quantitative estimate of drug-likeness (QED) is 0.562. The van der Waals surface area contributed by atoms with E-state index < -0.39 is 0 Å². The first-order valence-corrected chi connectivity index (χ1v) is 7.45. The second-order valence-corrected chi connectivity index (χ2v) is 5.91. The lowest BCUT2D eigenvalue weighted by atomic mass is 9.81. The fourth-order valence-corrected chi connectivity index (χ4v) is 3.14. The number of unbranched alkanes of at least 4 members (excludes halogenated alkanes) is 3. The lowest BCUT2D eigenvalue weighted by Crippen LogP contribution is -2.17. The zero-order chi connectivity index (χ0) is 13.0. The van der Waals surface area contributed by atoms with E-state index in [0.717, 1.165) is 5.92 Å². The third-order valence-electron chi connectivity index (χ3n) is 4.64. The van der Waals surface area contributed by atoms with Gasteiger partial charge in [0.2, 0.25) is 0 Å². The van der Waals surface area contributed by atoms with Crippen LogP contribution in [0.2, 0.25) is 0 Å². The van der Waals surface area contributed by atoms with Crippen LogP contribution < -0.4 is 0 Å². The highest BCUT2D eigenvalue weighted by atomic mass is 19.1. The van der Waals surface area contributed by atoms with Crippen LogP contribution in [0.5, 0.6) is 0 Å². The minimum absolute atomic E-state index is 0.120. The molecule has 2 rings (SSSR count). The molecular formula is C17H25F. The Hall–Kier alpha value is -0.850. The number of hydrogen-bond donors (Lipinski definition) is 0. The van der Waals surface area contributed by atoms with E-state index in [0.29, 0.717) is 5.41 Å². The minimum atomic E-state index is -0.120. The SMILES string of the molecule is CCCCCCC(C)C1(c2ccc(F)cc2)CC1. The van der Waals surface area contributed by atoms with Crippen molar-refractivity contribution in [3.8, 4) is 0 Å². The number of halogens is 1. The van der Waals surface area contributed by atoms with Crippen LogP contribution in [0.4, 0.5) is 4.39 Å². The highest BCUT2D eigenvalue weighted by Crippen LogP contribution is 2.55. The molecular weight excluding hydrogens is 223 g/mol. The van der Waals surface area contributed by atoms with Gasteiger partial charge in [-0.05, 0) is 48.3 Å². The molecule has 1 atom stereocenters. The number of benzene rings is 1. The molecule has 1 aromatic rings. The molecule has 0 N–H and O–H groups in total. The predicted molar refractivity (Wildman–Crippen MR) is 75.2 cm³/mol. The lowest BCUT2D eigenvalue weighted by Gasteiger charge is -2.24. The van der Waals surface area contributed by atoms with Gasteiger partial charge in [-0.1, -0.05) is 51.7 Å². The maximum absolute atomic E-state index is 13.0. The van der Waals surface area contributed by atoms with Crippen molar-refractivity contribution < 1.29 is 4.39 Å². The van der Waals surface area contributed by atoms with Crippen LogP contribution in [-0.2, 0) is 5.41 Å². The van der Waals surface area contributed by atoms with Crippen molar-refractivity contribution in [2.24, 2.45) is 5.92 Å². The molecule has 0 aliphatic heterocycles. The molecule has 1 saturated carbocycles. The summed E-state index contributed by atoms with van der Waals surface area (Å²) >= 11 is 0. The Morgan fingerprint density at radius 1 is 1.11 bits per heavy atom. The van der Waals surface area contributed by atoms with Gasteiger partial charge < -0.3 is 0 Å². The zero-order valence-electron chi connectivity index (χ0n) is 11.7. The van der Waals surface area contributed by atoms with E-state index in [4.69, 9.17) is 0 Å². The van der Waals surface area contributed by atoms with Crippen LogP contribution in [0.15, 0.2) is 24.3 Å². The standard InChI is InChI=1S/C17H25F/c1-3-4-5-6-7-14(2)17(12-13-17)15-8-10-16(18)11-9-15/h8-11,14H,3-7,12-13H2,1-2H3. The Kier molecular flexibility index (Phi) is 4.42. The Morgan fingerprint density at radius 2 is 1.78 bits per heavy atom. The summed E-state index contributed by atoms with van der Waals surface area (Å²) in [5, 5.41) is 0. The van der Waals surface area contributed by atoms with Crippen LogP contribution in [0.25, 0.3) is 0 Å². The van der Waals surface area contributed by atoms with Crippen LogP contribution in [0.1, 0.15) is 64.4 Å². The molecule has 0 amide bonds. The Labute approximate surface area is 111 Å². The fourth-order valence-electron chi connectivity index (χ4n) is 3.14. The summed E-state index contributed by atoms with van der Waals surface area (Å²) in [6, 6.07) is 7.20. The highest BCUT2D eigenvalue weighted by Gasteiger charge is 2.47. The van der Waals surface area contributed by atoms with Crippen molar-refractivity contribution in [1.82, 2.24) is 0 Å². The molecule has 0 nitrogen and oxygen atoms in total. The molecule has 18 heavy (non-hydrogen) atoms. The van der Waals surface area contributed by atoms with E-state index >= 15 is 0 Å². The molecule has 0 aromatic heterocycles. The van der Waals surface area contributed by atoms with E-state index in [1.165, 1.54) is 50.5 Å². The molecule has 100 valence electrons. The van der Waals surface area contributed by atoms with Crippen molar-refractivity contribution in [3.63, 3.8) is 0 Å². The van der Waals surface area contributed by atoms with E-state index in [-0.39, 0.29) is 5.82 Å². The molecule has 1 unspecified atom stereocenters. The smallest absolute Gasteiger partial charge is 0.123 e. The number of hydrogen-bond acceptors (Lipinski definition) is 0. The molecule has 1 heteroatoms. The van der Waals surface area contributed by atoms with Gasteiger partial charge in [-0.2, -0.15) is 0 Å². The van der Waals surface area contributed by atoms with Gasteiger partial charge in [0.1, 0.15) is 5.82 Å². The monoisotopic (exact) mass is 248 g/mol.